The van der Waals surface area contributed by atoms with Crippen LogP contribution >= 0.6 is 0 Å². The normalized spacial score (nSPS) is 11.0. The van der Waals surface area contributed by atoms with Gasteiger partial charge in [0.05, 0.1) is 6.54 Å². The third-order valence-electron chi connectivity index (χ3n) is 2.99. The van der Waals surface area contributed by atoms with Gasteiger partial charge in [-0.2, -0.15) is 0 Å². The average molecular weight is 263 g/mol. The number of aromatic nitrogens is 1. The first-order valence-corrected chi connectivity index (χ1v) is 6.92. The fourth-order valence-corrected chi connectivity index (χ4v) is 1.75. The van der Waals surface area contributed by atoms with E-state index >= 15 is 0 Å². The SMILES string of the molecule is CC(C)CCNC(=O)CN(C)CCc1ccncc1. The Morgan fingerprint density at radius 3 is 2.68 bits per heavy atom. The second kappa shape index (κ2) is 8.64. The van der Waals surface area contributed by atoms with Gasteiger partial charge < -0.3 is 5.32 Å². The second-order valence-electron chi connectivity index (χ2n) is 5.38. The molecule has 0 atom stereocenters. The van der Waals surface area contributed by atoms with Crippen LogP contribution in [0.2, 0.25) is 0 Å². The van der Waals surface area contributed by atoms with Crippen molar-refractivity contribution < 1.29 is 4.79 Å². The smallest absolute Gasteiger partial charge is 0.234 e. The molecule has 0 saturated heterocycles. The first-order valence-electron chi connectivity index (χ1n) is 6.92. The largest absolute Gasteiger partial charge is 0.355 e. The van der Waals surface area contributed by atoms with Crippen LogP contribution in [0, 0.1) is 5.92 Å². The van der Waals surface area contributed by atoms with Gasteiger partial charge in [0, 0.05) is 25.5 Å². The molecule has 0 aromatic carbocycles. The van der Waals surface area contributed by atoms with E-state index in [1.807, 2.05) is 24.1 Å². The predicted octanol–water partition coefficient (Wildman–Crippen LogP) is 1.72. The summed E-state index contributed by atoms with van der Waals surface area (Å²) in [5.41, 5.74) is 1.25. The third kappa shape index (κ3) is 7.57. The minimum Gasteiger partial charge on any atom is -0.355 e. The summed E-state index contributed by atoms with van der Waals surface area (Å²) in [6.45, 7) is 6.43. The molecule has 19 heavy (non-hydrogen) atoms. The number of hydrogen-bond donors (Lipinski definition) is 1. The van der Waals surface area contributed by atoms with Gasteiger partial charge in [0.25, 0.3) is 0 Å². The number of amides is 1. The number of nitrogens with zero attached hydrogens (tertiary/aromatic N) is 2. The lowest BCUT2D eigenvalue weighted by molar-refractivity contribution is -0.121. The molecule has 0 fully saturated rings. The Morgan fingerprint density at radius 2 is 2.05 bits per heavy atom. The summed E-state index contributed by atoms with van der Waals surface area (Å²) in [7, 11) is 1.98. The first-order chi connectivity index (χ1) is 9.08. The van der Waals surface area contributed by atoms with Crippen LogP contribution in [0.1, 0.15) is 25.8 Å². The Hall–Kier alpha value is -1.42. The summed E-state index contributed by atoms with van der Waals surface area (Å²) in [5, 5.41) is 2.95. The van der Waals surface area contributed by atoms with Gasteiger partial charge in [-0.25, -0.2) is 0 Å². The van der Waals surface area contributed by atoms with Crippen molar-refractivity contribution in [3.8, 4) is 0 Å². The third-order valence-corrected chi connectivity index (χ3v) is 2.99. The molecule has 4 heteroatoms. The first kappa shape index (κ1) is 15.6. The molecule has 0 saturated carbocycles. The number of carbonyl (C=O) groups excluding carboxylic acids is 1. The molecule has 0 bridgehead atoms. The zero-order valence-corrected chi connectivity index (χ0v) is 12.2. The molecule has 0 unspecified atom stereocenters. The zero-order valence-electron chi connectivity index (χ0n) is 12.2. The van der Waals surface area contributed by atoms with Crippen molar-refractivity contribution in [1.29, 1.82) is 0 Å². The molecule has 0 aliphatic rings. The van der Waals surface area contributed by atoms with Crippen LogP contribution in [-0.4, -0.2) is 42.5 Å². The molecule has 0 aliphatic carbocycles. The fraction of sp³-hybridized carbons (Fsp3) is 0.600. The summed E-state index contributed by atoms with van der Waals surface area (Å²) >= 11 is 0. The van der Waals surface area contributed by atoms with E-state index in [0.29, 0.717) is 12.5 Å². The number of carbonyl (C=O) groups is 1. The number of rotatable bonds is 8. The Bertz CT molecular complexity index is 365. The topological polar surface area (TPSA) is 45.2 Å². The van der Waals surface area contributed by atoms with Crippen LogP contribution in [-0.2, 0) is 11.2 Å². The Balaban J connectivity index is 2.16. The van der Waals surface area contributed by atoms with E-state index in [2.05, 4.69) is 24.1 Å². The van der Waals surface area contributed by atoms with Gasteiger partial charge in [0.2, 0.25) is 5.91 Å². The number of nitrogens with one attached hydrogen (secondary N) is 1. The molecule has 0 aliphatic heterocycles. The highest BCUT2D eigenvalue weighted by molar-refractivity contribution is 5.77. The standard InChI is InChI=1S/C15H25N3O/c1-13(2)4-10-17-15(19)12-18(3)11-7-14-5-8-16-9-6-14/h5-6,8-9,13H,4,7,10-12H2,1-3H3,(H,17,19). The van der Waals surface area contributed by atoms with Crippen LogP contribution in [0.25, 0.3) is 0 Å². The highest BCUT2D eigenvalue weighted by Crippen LogP contribution is 1.99. The highest BCUT2D eigenvalue weighted by Gasteiger charge is 2.06. The summed E-state index contributed by atoms with van der Waals surface area (Å²) in [4.78, 5) is 17.7. The number of pyridine rings is 1. The average Bonchev–Trinajstić information content (AvgIpc) is 2.37. The van der Waals surface area contributed by atoms with Crippen LogP contribution in [0.3, 0.4) is 0 Å². The van der Waals surface area contributed by atoms with Crippen LogP contribution < -0.4 is 5.32 Å². The van der Waals surface area contributed by atoms with E-state index in [1.54, 1.807) is 12.4 Å². The van der Waals surface area contributed by atoms with Gasteiger partial charge in [-0.1, -0.05) is 13.8 Å². The van der Waals surface area contributed by atoms with Crippen LogP contribution in [0.15, 0.2) is 24.5 Å². The van der Waals surface area contributed by atoms with E-state index in [1.165, 1.54) is 5.56 Å². The van der Waals surface area contributed by atoms with E-state index in [4.69, 9.17) is 0 Å². The fourth-order valence-electron chi connectivity index (χ4n) is 1.75. The van der Waals surface area contributed by atoms with E-state index in [0.717, 1.165) is 25.9 Å². The Kier molecular flexibility index (Phi) is 7.11. The van der Waals surface area contributed by atoms with Crippen molar-refractivity contribution in [3.63, 3.8) is 0 Å². The highest BCUT2D eigenvalue weighted by atomic mass is 16.2. The molecule has 106 valence electrons. The molecule has 1 aromatic rings. The van der Waals surface area contributed by atoms with Gasteiger partial charge in [0.1, 0.15) is 0 Å². The van der Waals surface area contributed by atoms with E-state index < -0.39 is 0 Å². The molecular formula is C15H25N3O. The maximum Gasteiger partial charge on any atom is 0.234 e. The summed E-state index contributed by atoms with van der Waals surface area (Å²) < 4.78 is 0. The monoisotopic (exact) mass is 263 g/mol. The quantitative estimate of drug-likeness (QED) is 0.777. The predicted molar refractivity (Wildman–Crippen MR) is 77.9 cm³/mol. The lowest BCUT2D eigenvalue weighted by Crippen LogP contribution is -2.36. The maximum atomic E-state index is 11.7. The summed E-state index contributed by atoms with van der Waals surface area (Å²) in [6, 6.07) is 4.02. The van der Waals surface area contributed by atoms with Gasteiger partial charge in [-0.05, 0) is 43.5 Å². The number of likely N-dealkylation sites (N-methyl/N-ethyl adjacent to an activating group) is 1. The Labute approximate surface area is 116 Å². The molecule has 0 spiro atoms. The number of hydrogen-bond acceptors (Lipinski definition) is 3. The minimum atomic E-state index is 0.109. The van der Waals surface area contributed by atoms with Crippen molar-refractivity contribution in [2.45, 2.75) is 26.7 Å². The van der Waals surface area contributed by atoms with Crippen molar-refractivity contribution in [3.05, 3.63) is 30.1 Å². The molecule has 0 radical (unpaired) electrons. The van der Waals surface area contributed by atoms with Gasteiger partial charge >= 0.3 is 0 Å². The van der Waals surface area contributed by atoms with Crippen LogP contribution in [0.5, 0.6) is 0 Å². The van der Waals surface area contributed by atoms with Crippen molar-refractivity contribution >= 4 is 5.91 Å². The molecule has 1 N–H and O–H groups in total. The maximum absolute atomic E-state index is 11.7. The van der Waals surface area contributed by atoms with Crippen molar-refractivity contribution in [1.82, 2.24) is 15.2 Å². The molecular weight excluding hydrogens is 238 g/mol. The van der Waals surface area contributed by atoms with E-state index in [9.17, 15) is 4.79 Å². The molecule has 1 amide bonds. The van der Waals surface area contributed by atoms with Gasteiger partial charge in [-0.15, -0.1) is 0 Å². The molecule has 1 aromatic heterocycles. The minimum absolute atomic E-state index is 0.109. The summed E-state index contributed by atoms with van der Waals surface area (Å²) in [5.74, 6) is 0.739. The zero-order chi connectivity index (χ0) is 14.1. The van der Waals surface area contributed by atoms with Gasteiger partial charge in [-0.3, -0.25) is 14.7 Å². The Morgan fingerprint density at radius 1 is 1.37 bits per heavy atom. The molecule has 4 nitrogen and oxygen atoms in total. The van der Waals surface area contributed by atoms with Crippen LogP contribution in [0.4, 0.5) is 0 Å². The lowest BCUT2D eigenvalue weighted by atomic mass is 10.1. The molecule has 1 rings (SSSR count). The lowest BCUT2D eigenvalue weighted by Gasteiger charge is -2.16. The van der Waals surface area contributed by atoms with Gasteiger partial charge in [0.15, 0.2) is 0 Å². The van der Waals surface area contributed by atoms with Crippen molar-refractivity contribution in [2.75, 3.05) is 26.7 Å². The second-order valence-corrected chi connectivity index (χ2v) is 5.38. The molecule has 1 heterocycles. The van der Waals surface area contributed by atoms with E-state index in [-0.39, 0.29) is 5.91 Å². The summed E-state index contributed by atoms with van der Waals surface area (Å²) in [6.07, 6.45) is 5.58. The van der Waals surface area contributed by atoms with Crippen molar-refractivity contribution in [2.24, 2.45) is 5.92 Å².